The van der Waals surface area contributed by atoms with Gasteiger partial charge < -0.3 is 24.8 Å². The van der Waals surface area contributed by atoms with E-state index >= 15 is 0 Å². The molecule has 0 aliphatic heterocycles. The van der Waals surface area contributed by atoms with Crippen LogP contribution in [0, 0.1) is 0 Å². The average molecular weight is 465 g/mol. The van der Waals surface area contributed by atoms with E-state index < -0.39 is 0 Å². The highest BCUT2D eigenvalue weighted by atomic mass is 127. The van der Waals surface area contributed by atoms with Crippen molar-refractivity contribution < 1.29 is 14.2 Å². The number of benzene rings is 1. The van der Waals surface area contributed by atoms with Crippen molar-refractivity contribution >= 4 is 29.9 Å². The van der Waals surface area contributed by atoms with Crippen LogP contribution in [0.1, 0.15) is 25.8 Å². The summed E-state index contributed by atoms with van der Waals surface area (Å²) in [6.45, 7) is 8.97. The zero-order valence-corrected chi connectivity index (χ0v) is 17.9. The molecule has 0 aliphatic carbocycles. The van der Waals surface area contributed by atoms with Gasteiger partial charge in [0, 0.05) is 38.4 Å². The van der Waals surface area contributed by atoms with Crippen LogP contribution in [-0.4, -0.2) is 52.5 Å². The molecule has 0 heterocycles. The molecular formula is C18H32IN3O3. The van der Waals surface area contributed by atoms with E-state index in [0.29, 0.717) is 19.8 Å². The third-order valence-electron chi connectivity index (χ3n) is 3.25. The largest absolute Gasteiger partial charge is 0.496 e. The van der Waals surface area contributed by atoms with Crippen molar-refractivity contribution in [3.63, 3.8) is 0 Å². The lowest BCUT2D eigenvalue weighted by Gasteiger charge is -2.12. The summed E-state index contributed by atoms with van der Waals surface area (Å²) in [4.78, 5) is 4.51. The van der Waals surface area contributed by atoms with Crippen LogP contribution in [0.3, 0.4) is 0 Å². The number of halogens is 1. The molecule has 0 aliphatic rings. The smallest absolute Gasteiger partial charge is 0.191 e. The summed E-state index contributed by atoms with van der Waals surface area (Å²) in [6, 6.07) is 7.89. The zero-order chi connectivity index (χ0) is 17.5. The summed E-state index contributed by atoms with van der Waals surface area (Å²) < 4.78 is 16.3. The summed E-state index contributed by atoms with van der Waals surface area (Å²) in [7, 11) is 1.67. The van der Waals surface area contributed by atoms with E-state index in [9.17, 15) is 0 Å². The molecule has 0 saturated heterocycles. The summed E-state index contributed by atoms with van der Waals surface area (Å²) >= 11 is 0. The maximum Gasteiger partial charge on any atom is 0.191 e. The number of aliphatic imine (C=N–C) groups is 1. The quantitative estimate of drug-likeness (QED) is 0.215. The minimum atomic E-state index is 0. The molecule has 0 bridgehead atoms. The van der Waals surface area contributed by atoms with Gasteiger partial charge in [-0.25, -0.2) is 0 Å². The number of hydrogen-bond donors (Lipinski definition) is 2. The molecule has 0 saturated carbocycles. The lowest BCUT2D eigenvalue weighted by atomic mass is 10.2. The molecule has 0 atom stereocenters. The van der Waals surface area contributed by atoms with Crippen LogP contribution in [-0.2, 0) is 16.1 Å². The summed E-state index contributed by atoms with van der Waals surface area (Å²) in [6.07, 6.45) is 0.925. The van der Waals surface area contributed by atoms with Gasteiger partial charge in [-0.05, 0) is 26.3 Å². The SMILES string of the molecule is CCNC(=NCCCOCC)NCCOCc1ccccc1OC.I. The first-order valence-electron chi connectivity index (χ1n) is 8.61. The van der Waals surface area contributed by atoms with Crippen LogP contribution in [0.5, 0.6) is 5.75 Å². The van der Waals surface area contributed by atoms with Gasteiger partial charge in [-0.1, -0.05) is 18.2 Å². The maximum absolute atomic E-state index is 5.70. The number of nitrogens with zero attached hydrogens (tertiary/aromatic N) is 1. The number of hydrogen-bond acceptors (Lipinski definition) is 4. The van der Waals surface area contributed by atoms with Gasteiger partial charge in [0.15, 0.2) is 5.96 Å². The Hall–Kier alpha value is -1.06. The Kier molecular flexibility index (Phi) is 15.7. The second-order valence-corrected chi connectivity index (χ2v) is 5.10. The minimum Gasteiger partial charge on any atom is -0.496 e. The Bertz CT molecular complexity index is 473. The molecule has 1 rings (SSSR count). The predicted molar refractivity (Wildman–Crippen MR) is 113 cm³/mol. The highest BCUT2D eigenvalue weighted by Crippen LogP contribution is 2.17. The number of nitrogens with one attached hydrogen (secondary N) is 2. The molecule has 0 unspecified atom stereocenters. The molecule has 6 nitrogen and oxygen atoms in total. The van der Waals surface area contributed by atoms with E-state index in [2.05, 4.69) is 22.5 Å². The lowest BCUT2D eigenvalue weighted by Crippen LogP contribution is -2.39. The van der Waals surface area contributed by atoms with Gasteiger partial charge in [0.1, 0.15) is 5.75 Å². The van der Waals surface area contributed by atoms with E-state index in [4.69, 9.17) is 14.2 Å². The molecule has 25 heavy (non-hydrogen) atoms. The van der Waals surface area contributed by atoms with Crippen molar-refractivity contribution in [2.45, 2.75) is 26.9 Å². The first-order valence-corrected chi connectivity index (χ1v) is 8.61. The maximum atomic E-state index is 5.70. The molecule has 0 aromatic heterocycles. The van der Waals surface area contributed by atoms with Crippen LogP contribution in [0.2, 0.25) is 0 Å². The Morgan fingerprint density at radius 1 is 1.08 bits per heavy atom. The third kappa shape index (κ3) is 11.2. The molecule has 0 amide bonds. The lowest BCUT2D eigenvalue weighted by molar-refractivity contribution is 0.123. The fraction of sp³-hybridized carbons (Fsp3) is 0.611. The minimum absolute atomic E-state index is 0. The first kappa shape index (κ1) is 23.9. The molecule has 0 radical (unpaired) electrons. The van der Waals surface area contributed by atoms with Crippen LogP contribution in [0.25, 0.3) is 0 Å². The Morgan fingerprint density at radius 3 is 2.60 bits per heavy atom. The van der Waals surface area contributed by atoms with Gasteiger partial charge in [-0.2, -0.15) is 0 Å². The Balaban J connectivity index is 0.00000576. The van der Waals surface area contributed by atoms with Crippen LogP contribution < -0.4 is 15.4 Å². The standard InChI is InChI=1S/C18H31N3O3.HI/c1-4-19-18(20-11-8-13-23-5-2)21-12-14-24-15-16-9-6-7-10-17(16)22-3;/h6-7,9-10H,4-5,8,11-15H2,1-3H3,(H2,19,20,21);1H. The highest BCUT2D eigenvalue weighted by molar-refractivity contribution is 14.0. The second-order valence-electron chi connectivity index (χ2n) is 5.10. The normalized spacial score (nSPS) is 10.9. The van der Waals surface area contributed by atoms with Gasteiger partial charge >= 0.3 is 0 Å². The molecule has 144 valence electrons. The number of methoxy groups -OCH3 is 1. The van der Waals surface area contributed by atoms with Crippen molar-refractivity contribution in [3.8, 4) is 5.75 Å². The van der Waals surface area contributed by atoms with E-state index in [-0.39, 0.29) is 24.0 Å². The van der Waals surface area contributed by atoms with Crippen LogP contribution in [0.4, 0.5) is 0 Å². The number of guanidine groups is 1. The van der Waals surface area contributed by atoms with Crippen molar-refractivity contribution in [3.05, 3.63) is 29.8 Å². The fourth-order valence-corrected chi connectivity index (χ4v) is 2.09. The first-order chi connectivity index (χ1) is 11.8. The molecule has 0 fully saturated rings. The summed E-state index contributed by atoms with van der Waals surface area (Å²) in [5.74, 6) is 1.67. The van der Waals surface area contributed by atoms with Crippen molar-refractivity contribution in [1.82, 2.24) is 10.6 Å². The predicted octanol–water partition coefficient (Wildman–Crippen LogP) is 2.81. The highest BCUT2D eigenvalue weighted by Gasteiger charge is 2.01. The van der Waals surface area contributed by atoms with E-state index in [1.54, 1.807) is 7.11 Å². The second kappa shape index (κ2) is 16.4. The molecule has 2 N–H and O–H groups in total. The van der Waals surface area contributed by atoms with Crippen LogP contribution >= 0.6 is 24.0 Å². The number of rotatable bonds is 12. The topological polar surface area (TPSA) is 64.1 Å². The van der Waals surface area contributed by atoms with Crippen molar-refractivity contribution in [2.24, 2.45) is 4.99 Å². The van der Waals surface area contributed by atoms with Crippen LogP contribution in [0.15, 0.2) is 29.3 Å². The molecular weight excluding hydrogens is 433 g/mol. The monoisotopic (exact) mass is 465 g/mol. The van der Waals surface area contributed by atoms with Gasteiger partial charge in [-0.15, -0.1) is 24.0 Å². The van der Waals surface area contributed by atoms with E-state index in [1.165, 1.54) is 0 Å². The summed E-state index contributed by atoms with van der Waals surface area (Å²) in [5.41, 5.74) is 1.05. The molecule has 7 heteroatoms. The van der Waals surface area contributed by atoms with E-state index in [1.807, 2.05) is 31.2 Å². The van der Waals surface area contributed by atoms with Crippen molar-refractivity contribution in [2.75, 3.05) is 46.6 Å². The molecule has 0 spiro atoms. The van der Waals surface area contributed by atoms with Crippen molar-refractivity contribution in [1.29, 1.82) is 0 Å². The average Bonchev–Trinajstić information content (AvgIpc) is 2.61. The van der Waals surface area contributed by atoms with Gasteiger partial charge in [0.05, 0.1) is 20.3 Å². The Morgan fingerprint density at radius 2 is 1.88 bits per heavy atom. The van der Waals surface area contributed by atoms with Gasteiger partial charge in [0.25, 0.3) is 0 Å². The molecule has 1 aromatic rings. The van der Waals surface area contributed by atoms with Gasteiger partial charge in [0.2, 0.25) is 0 Å². The number of para-hydroxylation sites is 1. The van der Waals surface area contributed by atoms with E-state index in [0.717, 1.165) is 50.0 Å². The van der Waals surface area contributed by atoms with Gasteiger partial charge in [-0.3, -0.25) is 4.99 Å². The Labute approximate surface area is 168 Å². The summed E-state index contributed by atoms with van der Waals surface area (Å²) in [5, 5.41) is 6.49. The molecule has 1 aromatic carbocycles. The fourth-order valence-electron chi connectivity index (χ4n) is 2.09. The third-order valence-corrected chi connectivity index (χ3v) is 3.25. The zero-order valence-electron chi connectivity index (χ0n) is 15.5. The number of ether oxygens (including phenoxy) is 3.